The third kappa shape index (κ3) is 4.11. The van der Waals surface area contributed by atoms with Gasteiger partial charge in [-0.25, -0.2) is 0 Å². The van der Waals surface area contributed by atoms with Crippen molar-refractivity contribution in [1.29, 1.82) is 0 Å². The number of benzene rings is 1. The van der Waals surface area contributed by atoms with Crippen LogP contribution in [0.3, 0.4) is 0 Å². The highest BCUT2D eigenvalue weighted by atomic mass is 35.5. The summed E-state index contributed by atoms with van der Waals surface area (Å²) in [7, 11) is 0. The van der Waals surface area contributed by atoms with Gasteiger partial charge in [-0.15, -0.1) is 0 Å². The van der Waals surface area contributed by atoms with Crippen LogP contribution in [0.4, 0.5) is 0 Å². The standard InChI is InChI=1S/C15H19Cl2NO2/c1-10-8-18(9-11(2)20-10)15(19)6-4-12-3-5-13(16)7-14(12)17/h3,5,7,10-11H,4,6,8-9H2,1-2H3. The molecule has 110 valence electrons. The van der Waals surface area contributed by atoms with E-state index in [9.17, 15) is 4.79 Å². The highest BCUT2D eigenvalue weighted by Crippen LogP contribution is 2.22. The Morgan fingerprint density at radius 3 is 2.55 bits per heavy atom. The van der Waals surface area contributed by atoms with E-state index < -0.39 is 0 Å². The van der Waals surface area contributed by atoms with Gasteiger partial charge in [0.05, 0.1) is 12.2 Å². The van der Waals surface area contributed by atoms with Crippen molar-refractivity contribution in [2.45, 2.75) is 38.9 Å². The zero-order valence-corrected chi connectivity index (χ0v) is 13.2. The van der Waals surface area contributed by atoms with E-state index in [0.717, 1.165) is 5.56 Å². The van der Waals surface area contributed by atoms with E-state index in [1.54, 1.807) is 12.1 Å². The summed E-state index contributed by atoms with van der Waals surface area (Å²) in [6.07, 6.45) is 1.29. The highest BCUT2D eigenvalue weighted by molar-refractivity contribution is 6.35. The lowest BCUT2D eigenvalue weighted by Crippen LogP contribution is -2.48. The molecule has 1 amide bonds. The first-order valence-corrected chi connectivity index (χ1v) is 7.58. The lowest BCUT2D eigenvalue weighted by molar-refractivity contribution is -0.143. The van der Waals surface area contributed by atoms with Gasteiger partial charge in [0.15, 0.2) is 0 Å². The summed E-state index contributed by atoms with van der Waals surface area (Å²) < 4.78 is 5.63. The number of rotatable bonds is 3. The monoisotopic (exact) mass is 315 g/mol. The molecular formula is C15H19Cl2NO2. The van der Waals surface area contributed by atoms with E-state index in [2.05, 4.69) is 0 Å². The van der Waals surface area contributed by atoms with Crippen LogP contribution in [-0.4, -0.2) is 36.1 Å². The quantitative estimate of drug-likeness (QED) is 0.853. The molecule has 20 heavy (non-hydrogen) atoms. The average Bonchev–Trinajstić information content (AvgIpc) is 2.36. The second-order valence-electron chi connectivity index (χ2n) is 5.29. The fourth-order valence-electron chi connectivity index (χ4n) is 2.51. The summed E-state index contributed by atoms with van der Waals surface area (Å²) in [5, 5.41) is 1.23. The molecule has 3 nitrogen and oxygen atoms in total. The molecule has 1 saturated heterocycles. The zero-order valence-electron chi connectivity index (χ0n) is 11.7. The summed E-state index contributed by atoms with van der Waals surface area (Å²) in [5.41, 5.74) is 0.957. The lowest BCUT2D eigenvalue weighted by Gasteiger charge is -2.35. The fourth-order valence-corrected chi connectivity index (χ4v) is 3.01. The minimum absolute atomic E-state index is 0.0989. The van der Waals surface area contributed by atoms with Crippen molar-refractivity contribution in [2.75, 3.05) is 13.1 Å². The predicted molar refractivity (Wildman–Crippen MR) is 81.4 cm³/mol. The number of nitrogens with zero attached hydrogens (tertiary/aromatic N) is 1. The Morgan fingerprint density at radius 2 is 1.95 bits per heavy atom. The number of carbonyl (C=O) groups excluding carboxylic acids is 1. The summed E-state index contributed by atoms with van der Waals surface area (Å²) in [4.78, 5) is 14.1. The maximum absolute atomic E-state index is 12.2. The molecule has 5 heteroatoms. The molecule has 1 aromatic rings. The van der Waals surface area contributed by atoms with Gasteiger partial charge in [-0.3, -0.25) is 4.79 Å². The minimum atomic E-state index is 0.0989. The number of halogens is 2. The van der Waals surface area contributed by atoms with Crippen LogP contribution in [0.5, 0.6) is 0 Å². The van der Waals surface area contributed by atoms with Crippen LogP contribution in [-0.2, 0) is 16.0 Å². The van der Waals surface area contributed by atoms with Crippen molar-refractivity contribution in [3.63, 3.8) is 0 Å². The smallest absolute Gasteiger partial charge is 0.223 e. The topological polar surface area (TPSA) is 29.5 Å². The molecule has 1 fully saturated rings. The zero-order chi connectivity index (χ0) is 14.7. The molecule has 0 N–H and O–H groups in total. The van der Waals surface area contributed by atoms with Crippen molar-refractivity contribution in [3.05, 3.63) is 33.8 Å². The first-order chi connectivity index (χ1) is 9.45. The van der Waals surface area contributed by atoms with Crippen molar-refractivity contribution >= 4 is 29.1 Å². The number of ether oxygens (including phenoxy) is 1. The van der Waals surface area contributed by atoms with Gasteiger partial charge in [0.1, 0.15) is 0 Å². The number of hydrogen-bond acceptors (Lipinski definition) is 2. The Labute approximate surface area is 129 Å². The predicted octanol–water partition coefficient (Wildman–Crippen LogP) is 3.56. The molecule has 0 bridgehead atoms. The molecule has 0 aromatic heterocycles. The Balaban J connectivity index is 1.91. The average molecular weight is 316 g/mol. The second-order valence-corrected chi connectivity index (χ2v) is 6.14. The Bertz CT molecular complexity index is 483. The van der Waals surface area contributed by atoms with Crippen molar-refractivity contribution < 1.29 is 9.53 Å². The summed E-state index contributed by atoms with van der Waals surface area (Å²) in [6, 6.07) is 5.39. The van der Waals surface area contributed by atoms with Crippen LogP contribution in [0.25, 0.3) is 0 Å². The molecule has 0 aliphatic carbocycles. The molecule has 0 saturated carbocycles. The molecule has 2 unspecified atom stereocenters. The fraction of sp³-hybridized carbons (Fsp3) is 0.533. The third-order valence-corrected chi connectivity index (χ3v) is 3.98. The molecular weight excluding hydrogens is 297 g/mol. The van der Waals surface area contributed by atoms with Gasteiger partial charge in [0.25, 0.3) is 0 Å². The van der Waals surface area contributed by atoms with Gasteiger partial charge in [-0.1, -0.05) is 29.3 Å². The Morgan fingerprint density at radius 1 is 1.30 bits per heavy atom. The number of morpholine rings is 1. The van der Waals surface area contributed by atoms with Gasteiger partial charge in [0.2, 0.25) is 5.91 Å². The van der Waals surface area contributed by atoms with E-state index in [1.807, 2.05) is 24.8 Å². The van der Waals surface area contributed by atoms with Crippen LogP contribution < -0.4 is 0 Å². The highest BCUT2D eigenvalue weighted by Gasteiger charge is 2.25. The molecule has 0 radical (unpaired) electrons. The number of amides is 1. The largest absolute Gasteiger partial charge is 0.372 e. The molecule has 1 aromatic carbocycles. The first kappa shape index (κ1) is 15.6. The summed E-state index contributed by atoms with van der Waals surface area (Å²) >= 11 is 12.0. The maximum Gasteiger partial charge on any atom is 0.223 e. The van der Waals surface area contributed by atoms with E-state index in [-0.39, 0.29) is 18.1 Å². The summed E-state index contributed by atoms with van der Waals surface area (Å²) in [6.45, 7) is 5.31. The molecule has 1 aliphatic heterocycles. The van der Waals surface area contributed by atoms with Crippen molar-refractivity contribution in [1.82, 2.24) is 4.90 Å². The normalized spacial score (nSPS) is 22.9. The SMILES string of the molecule is CC1CN(C(=O)CCc2ccc(Cl)cc2Cl)CC(C)O1. The minimum Gasteiger partial charge on any atom is -0.372 e. The molecule has 2 atom stereocenters. The molecule has 2 rings (SSSR count). The van der Waals surface area contributed by atoms with E-state index in [4.69, 9.17) is 27.9 Å². The Hall–Kier alpha value is -0.770. The first-order valence-electron chi connectivity index (χ1n) is 6.83. The van der Waals surface area contributed by atoms with Crippen LogP contribution in [0.1, 0.15) is 25.8 Å². The Kier molecular flexibility index (Phi) is 5.30. The lowest BCUT2D eigenvalue weighted by atomic mass is 10.1. The van der Waals surface area contributed by atoms with E-state index in [0.29, 0.717) is 36.0 Å². The number of carbonyl (C=O) groups is 1. The summed E-state index contributed by atoms with van der Waals surface area (Å²) in [5.74, 6) is 0.151. The van der Waals surface area contributed by atoms with Gasteiger partial charge in [-0.2, -0.15) is 0 Å². The van der Waals surface area contributed by atoms with Gasteiger partial charge in [0, 0.05) is 29.6 Å². The molecule has 0 spiro atoms. The van der Waals surface area contributed by atoms with E-state index in [1.165, 1.54) is 0 Å². The van der Waals surface area contributed by atoms with Crippen molar-refractivity contribution in [3.8, 4) is 0 Å². The third-order valence-electron chi connectivity index (χ3n) is 3.40. The van der Waals surface area contributed by atoms with Crippen LogP contribution in [0, 0.1) is 0 Å². The molecule has 1 aliphatic rings. The van der Waals surface area contributed by atoms with Crippen LogP contribution in [0.15, 0.2) is 18.2 Å². The second kappa shape index (κ2) is 6.79. The van der Waals surface area contributed by atoms with Gasteiger partial charge in [-0.05, 0) is 38.0 Å². The van der Waals surface area contributed by atoms with Crippen LogP contribution >= 0.6 is 23.2 Å². The van der Waals surface area contributed by atoms with Gasteiger partial charge < -0.3 is 9.64 Å². The van der Waals surface area contributed by atoms with E-state index >= 15 is 0 Å². The number of aryl methyl sites for hydroxylation is 1. The van der Waals surface area contributed by atoms with Crippen LogP contribution in [0.2, 0.25) is 10.0 Å². The number of hydrogen-bond donors (Lipinski definition) is 0. The van der Waals surface area contributed by atoms with Gasteiger partial charge >= 0.3 is 0 Å². The maximum atomic E-state index is 12.2. The van der Waals surface area contributed by atoms with Crippen molar-refractivity contribution in [2.24, 2.45) is 0 Å². The molecule has 1 heterocycles.